The zero-order valence-electron chi connectivity index (χ0n) is 13.9. The van der Waals surface area contributed by atoms with Crippen molar-refractivity contribution >= 4 is 27.6 Å². The molecule has 1 aromatic carbocycles. The first kappa shape index (κ1) is 19.1. The molecule has 0 spiro atoms. The van der Waals surface area contributed by atoms with Crippen molar-refractivity contribution in [1.29, 1.82) is 0 Å². The van der Waals surface area contributed by atoms with Crippen molar-refractivity contribution in [1.82, 2.24) is 4.31 Å². The molecular weight excluding hydrogens is 320 g/mol. The van der Waals surface area contributed by atoms with Gasteiger partial charge in [-0.15, -0.1) is 0 Å². The molecule has 128 valence electrons. The fraction of sp³-hybridized carbons (Fsp3) is 0.467. The normalized spacial score (nSPS) is 12.1. The number of rotatable bonds is 5. The monoisotopic (exact) mass is 342 g/mol. The topological polar surface area (TPSA) is 92.8 Å². The van der Waals surface area contributed by atoms with Gasteiger partial charge >= 0.3 is 5.97 Å². The summed E-state index contributed by atoms with van der Waals surface area (Å²) in [6, 6.07) is 6.35. The van der Waals surface area contributed by atoms with E-state index < -0.39 is 27.4 Å². The lowest BCUT2D eigenvalue weighted by atomic mass is 10.1. The summed E-state index contributed by atoms with van der Waals surface area (Å²) in [6.07, 6.45) is 1.05. The number of hydrogen-bond acceptors (Lipinski definition) is 5. The molecule has 1 rings (SSSR count). The minimum absolute atomic E-state index is 0.199. The average molecular weight is 342 g/mol. The molecule has 7 nitrogen and oxygen atoms in total. The molecule has 23 heavy (non-hydrogen) atoms. The molecule has 1 amide bonds. The van der Waals surface area contributed by atoms with Gasteiger partial charge in [-0.2, -0.15) is 4.31 Å². The molecule has 0 fully saturated rings. The number of benzene rings is 1. The molecule has 0 aromatic heterocycles. The number of sulfonamides is 1. The Kier molecular flexibility index (Phi) is 5.90. The number of nitrogens with zero attached hydrogens (tertiary/aromatic N) is 1. The SMILES string of the molecule is COC(=O)c1ccccc1NC(=O)CN(C(C)(C)C)S(C)(=O)=O. The van der Waals surface area contributed by atoms with Gasteiger partial charge in [0.05, 0.1) is 31.2 Å². The van der Waals surface area contributed by atoms with E-state index in [9.17, 15) is 18.0 Å². The second-order valence-corrected chi connectivity index (χ2v) is 7.93. The zero-order chi connectivity index (χ0) is 17.8. The highest BCUT2D eigenvalue weighted by molar-refractivity contribution is 7.88. The number of para-hydroxylation sites is 1. The molecule has 0 bridgehead atoms. The lowest BCUT2D eigenvalue weighted by molar-refractivity contribution is -0.117. The van der Waals surface area contributed by atoms with Crippen molar-refractivity contribution in [2.45, 2.75) is 26.3 Å². The molecule has 0 atom stereocenters. The third kappa shape index (κ3) is 5.33. The summed E-state index contributed by atoms with van der Waals surface area (Å²) in [6.45, 7) is 4.75. The predicted molar refractivity (Wildman–Crippen MR) is 87.7 cm³/mol. The lowest BCUT2D eigenvalue weighted by Gasteiger charge is -2.32. The largest absolute Gasteiger partial charge is 0.465 e. The second kappa shape index (κ2) is 7.10. The molecule has 8 heteroatoms. The van der Waals surface area contributed by atoms with Crippen LogP contribution in [0.1, 0.15) is 31.1 Å². The lowest BCUT2D eigenvalue weighted by Crippen LogP contribution is -2.48. The van der Waals surface area contributed by atoms with E-state index >= 15 is 0 Å². The first-order valence-corrected chi connectivity index (χ1v) is 8.76. The van der Waals surface area contributed by atoms with Crippen LogP contribution in [0.15, 0.2) is 24.3 Å². The highest BCUT2D eigenvalue weighted by atomic mass is 32.2. The summed E-state index contributed by atoms with van der Waals surface area (Å²) in [5, 5.41) is 2.55. The average Bonchev–Trinajstić information content (AvgIpc) is 2.42. The maximum absolute atomic E-state index is 12.2. The Hall–Kier alpha value is -1.93. The molecule has 0 heterocycles. The van der Waals surface area contributed by atoms with E-state index in [0.717, 1.165) is 10.6 Å². The molecule has 1 aromatic rings. The summed E-state index contributed by atoms with van der Waals surface area (Å²) in [5.74, 6) is -1.13. The number of esters is 1. The summed E-state index contributed by atoms with van der Waals surface area (Å²) in [7, 11) is -2.32. The maximum atomic E-state index is 12.2. The minimum atomic E-state index is -3.56. The number of hydrogen-bond donors (Lipinski definition) is 1. The third-order valence-electron chi connectivity index (χ3n) is 3.04. The van der Waals surface area contributed by atoms with Gasteiger partial charge in [-0.3, -0.25) is 4.79 Å². The van der Waals surface area contributed by atoms with Gasteiger partial charge in [0.15, 0.2) is 0 Å². The maximum Gasteiger partial charge on any atom is 0.339 e. The molecule has 0 unspecified atom stereocenters. The first-order valence-electron chi connectivity index (χ1n) is 6.92. The van der Waals surface area contributed by atoms with Gasteiger partial charge in [0, 0.05) is 5.54 Å². The van der Waals surface area contributed by atoms with E-state index in [1.165, 1.54) is 13.2 Å². The summed E-state index contributed by atoms with van der Waals surface area (Å²) < 4.78 is 29.5. The summed E-state index contributed by atoms with van der Waals surface area (Å²) >= 11 is 0. The predicted octanol–water partition coefficient (Wildman–Crippen LogP) is 1.47. The van der Waals surface area contributed by atoms with Gasteiger partial charge in [-0.25, -0.2) is 13.2 Å². The molecule has 0 aliphatic heterocycles. The van der Waals surface area contributed by atoms with Crippen LogP contribution in [0.25, 0.3) is 0 Å². The van der Waals surface area contributed by atoms with Crippen LogP contribution in [-0.2, 0) is 19.6 Å². The van der Waals surface area contributed by atoms with Crippen LogP contribution in [0.3, 0.4) is 0 Å². The van der Waals surface area contributed by atoms with Gasteiger partial charge < -0.3 is 10.1 Å². The first-order chi connectivity index (χ1) is 10.5. The molecule has 0 radical (unpaired) electrons. The third-order valence-corrected chi connectivity index (χ3v) is 4.52. The van der Waals surface area contributed by atoms with Crippen LogP contribution < -0.4 is 5.32 Å². The Morgan fingerprint density at radius 2 is 1.78 bits per heavy atom. The Bertz CT molecular complexity index is 692. The van der Waals surface area contributed by atoms with Crippen LogP contribution in [0.2, 0.25) is 0 Å². The highest BCUT2D eigenvalue weighted by Crippen LogP contribution is 2.19. The van der Waals surface area contributed by atoms with Crippen molar-refractivity contribution < 1.29 is 22.7 Å². The van der Waals surface area contributed by atoms with Crippen LogP contribution in [-0.4, -0.2) is 50.0 Å². The van der Waals surface area contributed by atoms with Crippen LogP contribution >= 0.6 is 0 Å². The van der Waals surface area contributed by atoms with Crippen molar-refractivity contribution in [3.8, 4) is 0 Å². The number of ether oxygens (including phenoxy) is 1. The van der Waals surface area contributed by atoms with Gasteiger partial charge in [-0.1, -0.05) is 12.1 Å². The van der Waals surface area contributed by atoms with Gasteiger partial charge in [-0.05, 0) is 32.9 Å². The smallest absolute Gasteiger partial charge is 0.339 e. The van der Waals surface area contributed by atoms with E-state index in [1.54, 1.807) is 39.0 Å². The molecule has 1 N–H and O–H groups in total. The standard InChI is InChI=1S/C15H22N2O5S/c1-15(2,3)17(23(5,20)21)10-13(18)16-12-9-7-6-8-11(12)14(19)22-4/h6-9H,10H2,1-5H3,(H,16,18). The fourth-order valence-electron chi connectivity index (χ4n) is 2.05. The Morgan fingerprint density at radius 1 is 1.22 bits per heavy atom. The number of amides is 1. The van der Waals surface area contributed by atoms with E-state index in [0.29, 0.717) is 0 Å². The fourth-order valence-corrected chi connectivity index (χ4v) is 3.40. The minimum Gasteiger partial charge on any atom is -0.465 e. The van der Waals surface area contributed by atoms with Gasteiger partial charge in [0.2, 0.25) is 15.9 Å². The molecule has 0 saturated carbocycles. The highest BCUT2D eigenvalue weighted by Gasteiger charge is 2.31. The Labute approximate surface area is 136 Å². The number of anilines is 1. The molecular formula is C15H22N2O5S. The Balaban J connectivity index is 2.99. The number of nitrogens with one attached hydrogen (secondary N) is 1. The number of carbonyl (C=O) groups excluding carboxylic acids is 2. The molecule has 0 aliphatic carbocycles. The van der Waals surface area contributed by atoms with Crippen molar-refractivity contribution in [2.24, 2.45) is 0 Å². The van der Waals surface area contributed by atoms with Crippen molar-refractivity contribution in [3.05, 3.63) is 29.8 Å². The summed E-state index contributed by atoms with van der Waals surface area (Å²) in [5.41, 5.74) is -0.274. The van der Waals surface area contributed by atoms with Crippen LogP contribution in [0.5, 0.6) is 0 Å². The van der Waals surface area contributed by atoms with E-state index in [-0.39, 0.29) is 17.8 Å². The van der Waals surface area contributed by atoms with Gasteiger partial charge in [0.25, 0.3) is 0 Å². The molecule has 0 aliphatic rings. The number of carbonyl (C=O) groups is 2. The quantitative estimate of drug-likeness (QED) is 0.818. The van der Waals surface area contributed by atoms with Crippen LogP contribution in [0.4, 0.5) is 5.69 Å². The van der Waals surface area contributed by atoms with E-state index in [1.807, 2.05) is 0 Å². The Morgan fingerprint density at radius 3 is 2.26 bits per heavy atom. The van der Waals surface area contributed by atoms with Gasteiger partial charge in [0.1, 0.15) is 0 Å². The summed E-state index contributed by atoms with van der Waals surface area (Å²) in [4.78, 5) is 23.9. The van der Waals surface area contributed by atoms with Crippen LogP contribution in [0, 0.1) is 0 Å². The number of methoxy groups -OCH3 is 1. The van der Waals surface area contributed by atoms with E-state index in [4.69, 9.17) is 0 Å². The van der Waals surface area contributed by atoms with Crippen molar-refractivity contribution in [2.75, 3.05) is 25.2 Å². The van der Waals surface area contributed by atoms with Crippen molar-refractivity contribution in [3.63, 3.8) is 0 Å². The second-order valence-electron chi connectivity index (χ2n) is 6.03. The zero-order valence-corrected chi connectivity index (χ0v) is 14.7. The van der Waals surface area contributed by atoms with E-state index in [2.05, 4.69) is 10.1 Å². The molecule has 0 saturated heterocycles.